The molecule has 168 valence electrons. The van der Waals surface area contributed by atoms with E-state index in [1.807, 2.05) is 4.90 Å². The first-order valence-corrected chi connectivity index (χ1v) is 10.7. The molecular formula is C21H17Cl2F3N4O2. The van der Waals surface area contributed by atoms with Gasteiger partial charge in [-0.25, -0.2) is 9.78 Å². The number of imidazole rings is 1. The van der Waals surface area contributed by atoms with Crippen molar-refractivity contribution in [3.8, 4) is 0 Å². The SMILES string of the molecule is O=C1OC2(CCN(c3nc4ccc(C(F)(F)F)cc4[nH]3)CC2)CN1c1ccc(Cl)c(Cl)c1. The quantitative estimate of drug-likeness (QED) is 0.492. The first-order chi connectivity index (χ1) is 15.1. The molecule has 1 spiro atoms. The second kappa shape index (κ2) is 7.45. The van der Waals surface area contributed by atoms with E-state index in [2.05, 4.69) is 9.97 Å². The molecule has 6 nitrogen and oxygen atoms in total. The summed E-state index contributed by atoms with van der Waals surface area (Å²) in [5, 5.41) is 0.755. The van der Waals surface area contributed by atoms with Crippen LogP contribution in [0.3, 0.4) is 0 Å². The van der Waals surface area contributed by atoms with Crippen LogP contribution in [0.25, 0.3) is 11.0 Å². The number of halogens is 5. The number of hydrogen-bond acceptors (Lipinski definition) is 4. The summed E-state index contributed by atoms with van der Waals surface area (Å²) < 4.78 is 44.7. The van der Waals surface area contributed by atoms with Crippen LogP contribution in [0.2, 0.25) is 10.0 Å². The van der Waals surface area contributed by atoms with Crippen LogP contribution >= 0.6 is 23.2 Å². The molecule has 1 N–H and O–H groups in total. The van der Waals surface area contributed by atoms with E-state index in [1.54, 1.807) is 18.2 Å². The number of hydrogen-bond donors (Lipinski definition) is 1. The molecule has 0 atom stereocenters. The van der Waals surface area contributed by atoms with Gasteiger partial charge in [0.15, 0.2) is 0 Å². The number of amides is 1. The number of nitrogens with zero attached hydrogens (tertiary/aromatic N) is 3. The van der Waals surface area contributed by atoms with Gasteiger partial charge in [0.2, 0.25) is 5.95 Å². The van der Waals surface area contributed by atoms with Crippen molar-refractivity contribution in [2.45, 2.75) is 24.6 Å². The van der Waals surface area contributed by atoms with Crippen LogP contribution in [-0.4, -0.2) is 41.3 Å². The predicted molar refractivity (Wildman–Crippen MR) is 116 cm³/mol. The molecule has 2 aliphatic rings. The molecule has 0 unspecified atom stereocenters. The van der Waals surface area contributed by atoms with E-state index in [4.69, 9.17) is 27.9 Å². The van der Waals surface area contributed by atoms with E-state index >= 15 is 0 Å². The smallest absolute Gasteiger partial charge is 0.416 e. The zero-order valence-corrected chi connectivity index (χ0v) is 18.1. The molecule has 32 heavy (non-hydrogen) atoms. The maximum Gasteiger partial charge on any atom is 0.416 e. The Bertz CT molecular complexity index is 1210. The van der Waals surface area contributed by atoms with E-state index < -0.39 is 23.4 Å². The average Bonchev–Trinajstić information content (AvgIpc) is 3.30. The van der Waals surface area contributed by atoms with Gasteiger partial charge in [0.05, 0.1) is 33.2 Å². The van der Waals surface area contributed by atoms with Crippen molar-refractivity contribution in [2.24, 2.45) is 0 Å². The molecule has 3 heterocycles. The Kier molecular flexibility index (Phi) is 4.94. The van der Waals surface area contributed by atoms with Crippen molar-refractivity contribution in [1.29, 1.82) is 0 Å². The number of ether oxygens (including phenoxy) is 1. The number of anilines is 2. The third kappa shape index (κ3) is 3.73. The van der Waals surface area contributed by atoms with E-state index in [0.29, 0.717) is 65.2 Å². The molecule has 1 amide bonds. The first kappa shape index (κ1) is 21.2. The highest BCUT2D eigenvalue weighted by molar-refractivity contribution is 6.42. The summed E-state index contributed by atoms with van der Waals surface area (Å²) in [5.74, 6) is 0.500. The predicted octanol–water partition coefficient (Wildman–Crippen LogP) is 5.88. The second-order valence-electron chi connectivity index (χ2n) is 8.01. The van der Waals surface area contributed by atoms with Gasteiger partial charge in [-0.3, -0.25) is 4.90 Å². The van der Waals surface area contributed by atoms with Crippen molar-refractivity contribution < 1.29 is 22.7 Å². The fraction of sp³-hybridized carbons (Fsp3) is 0.333. The van der Waals surface area contributed by atoms with Gasteiger partial charge in [0, 0.05) is 31.6 Å². The molecule has 0 bridgehead atoms. The van der Waals surface area contributed by atoms with Crippen molar-refractivity contribution in [1.82, 2.24) is 9.97 Å². The Labute approximate surface area is 190 Å². The number of fused-ring (bicyclic) bond motifs is 1. The molecule has 2 aromatic carbocycles. The summed E-state index contributed by atoms with van der Waals surface area (Å²) >= 11 is 12.0. The molecule has 0 radical (unpaired) electrons. The van der Waals surface area contributed by atoms with Gasteiger partial charge in [-0.1, -0.05) is 23.2 Å². The third-order valence-corrected chi connectivity index (χ3v) is 6.70. The molecular weight excluding hydrogens is 468 g/mol. The van der Waals surface area contributed by atoms with Crippen molar-refractivity contribution in [3.05, 3.63) is 52.0 Å². The Morgan fingerprint density at radius 2 is 1.81 bits per heavy atom. The van der Waals surface area contributed by atoms with Gasteiger partial charge in [0.1, 0.15) is 5.60 Å². The lowest BCUT2D eigenvalue weighted by atomic mass is 9.91. The van der Waals surface area contributed by atoms with Crippen LogP contribution in [0.4, 0.5) is 29.6 Å². The fourth-order valence-corrected chi connectivity index (χ4v) is 4.48. The molecule has 2 fully saturated rings. The summed E-state index contributed by atoms with van der Waals surface area (Å²) in [6, 6.07) is 8.42. The number of carbonyl (C=O) groups excluding carboxylic acids is 1. The minimum atomic E-state index is -4.41. The minimum Gasteiger partial charge on any atom is -0.440 e. The Hall–Kier alpha value is -2.65. The highest BCUT2D eigenvalue weighted by Crippen LogP contribution is 2.38. The van der Waals surface area contributed by atoms with Crippen LogP contribution in [0.15, 0.2) is 36.4 Å². The van der Waals surface area contributed by atoms with Crippen LogP contribution in [0.1, 0.15) is 18.4 Å². The normalized spacial score (nSPS) is 18.6. The van der Waals surface area contributed by atoms with E-state index in [-0.39, 0.29) is 0 Å². The molecule has 1 aromatic heterocycles. The Balaban J connectivity index is 1.30. The second-order valence-corrected chi connectivity index (χ2v) is 8.83. The summed E-state index contributed by atoms with van der Waals surface area (Å²) in [7, 11) is 0. The largest absolute Gasteiger partial charge is 0.440 e. The lowest BCUT2D eigenvalue weighted by molar-refractivity contribution is -0.137. The lowest BCUT2D eigenvalue weighted by Gasteiger charge is -2.37. The number of piperidine rings is 1. The van der Waals surface area contributed by atoms with Crippen molar-refractivity contribution in [3.63, 3.8) is 0 Å². The summed E-state index contributed by atoms with van der Waals surface area (Å²) in [6.45, 7) is 1.45. The number of aromatic amines is 1. The molecule has 3 aromatic rings. The number of H-pyrrole nitrogens is 1. The number of alkyl halides is 3. The maximum absolute atomic E-state index is 13.0. The van der Waals surface area contributed by atoms with Crippen LogP contribution < -0.4 is 9.80 Å². The average molecular weight is 485 g/mol. The Morgan fingerprint density at radius 3 is 2.50 bits per heavy atom. The summed E-state index contributed by atoms with van der Waals surface area (Å²) in [4.78, 5) is 23.4. The molecule has 0 aliphatic carbocycles. The third-order valence-electron chi connectivity index (χ3n) is 5.96. The molecule has 0 saturated carbocycles. The summed E-state index contributed by atoms with van der Waals surface area (Å²) in [6.07, 6.45) is -3.74. The van der Waals surface area contributed by atoms with Gasteiger partial charge in [-0.15, -0.1) is 0 Å². The van der Waals surface area contributed by atoms with Crippen LogP contribution in [-0.2, 0) is 10.9 Å². The topological polar surface area (TPSA) is 61.5 Å². The minimum absolute atomic E-state index is 0.327. The highest BCUT2D eigenvalue weighted by Gasteiger charge is 2.47. The molecule has 11 heteroatoms. The highest BCUT2D eigenvalue weighted by atomic mass is 35.5. The maximum atomic E-state index is 13.0. The lowest BCUT2D eigenvalue weighted by Crippen LogP contribution is -2.47. The molecule has 5 rings (SSSR count). The van der Waals surface area contributed by atoms with Crippen molar-refractivity contribution in [2.75, 3.05) is 29.4 Å². The van der Waals surface area contributed by atoms with Gasteiger partial charge in [-0.05, 0) is 36.4 Å². The van der Waals surface area contributed by atoms with E-state index in [9.17, 15) is 18.0 Å². The van der Waals surface area contributed by atoms with Gasteiger partial charge in [0.25, 0.3) is 0 Å². The van der Waals surface area contributed by atoms with Gasteiger partial charge < -0.3 is 14.6 Å². The number of rotatable bonds is 2. The number of nitrogens with one attached hydrogen (secondary N) is 1. The standard InChI is InChI=1S/C21H17Cl2F3N4O2/c22-14-3-2-13(10-15(14)23)30-11-20(32-19(30)31)5-7-29(8-6-20)18-27-16-4-1-12(21(24,25)26)9-17(16)28-18/h1-4,9-10H,5-8,11H2,(H,27,28). The van der Waals surface area contributed by atoms with Crippen LogP contribution in [0, 0.1) is 0 Å². The van der Waals surface area contributed by atoms with E-state index in [0.717, 1.165) is 12.1 Å². The van der Waals surface area contributed by atoms with Crippen molar-refractivity contribution >= 4 is 52.0 Å². The molecule has 2 aliphatic heterocycles. The summed E-state index contributed by atoms with van der Waals surface area (Å²) in [5.41, 5.74) is 0.0360. The number of benzene rings is 2. The fourth-order valence-electron chi connectivity index (χ4n) is 4.18. The monoisotopic (exact) mass is 484 g/mol. The Morgan fingerprint density at radius 1 is 1.06 bits per heavy atom. The van der Waals surface area contributed by atoms with Gasteiger partial charge >= 0.3 is 12.3 Å². The zero-order valence-electron chi connectivity index (χ0n) is 16.5. The van der Waals surface area contributed by atoms with Crippen LogP contribution in [0.5, 0.6) is 0 Å². The number of aromatic nitrogens is 2. The zero-order chi connectivity index (χ0) is 22.7. The number of carbonyl (C=O) groups is 1. The van der Waals surface area contributed by atoms with E-state index in [1.165, 1.54) is 11.0 Å². The first-order valence-electron chi connectivity index (χ1n) is 9.91. The molecule has 2 saturated heterocycles. The van der Waals surface area contributed by atoms with Gasteiger partial charge in [-0.2, -0.15) is 13.2 Å².